The maximum Gasteiger partial charge on any atom is 0.135 e. The van der Waals surface area contributed by atoms with Gasteiger partial charge in [0.25, 0.3) is 0 Å². The van der Waals surface area contributed by atoms with Crippen molar-refractivity contribution in [2.75, 3.05) is 6.61 Å². The van der Waals surface area contributed by atoms with E-state index in [9.17, 15) is 4.79 Å². The average molecular weight is 238 g/mol. The Kier molecular flexibility index (Phi) is 4.55. The quantitative estimate of drug-likeness (QED) is 0.787. The molecule has 16 heavy (non-hydrogen) atoms. The Labute approximate surface area is 101 Å². The van der Waals surface area contributed by atoms with Gasteiger partial charge >= 0.3 is 0 Å². The second-order valence-electron chi connectivity index (χ2n) is 4.31. The van der Waals surface area contributed by atoms with Crippen molar-refractivity contribution in [2.45, 2.75) is 44.6 Å². The van der Waals surface area contributed by atoms with E-state index in [1.54, 1.807) is 11.3 Å². The summed E-state index contributed by atoms with van der Waals surface area (Å²) in [4.78, 5) is 13.0. The molecular formula is C13H18O2S. The smallest absolute Gasteiger partial charge is 0.135 e. The highest BCUT2D eigenvalue weighted by Crippen LogP contribution is 2.17. The van der Waals surface area contributed by atoms with E-state index in [0.29, 0.717) is 18.6 Å². The normalized spacial score (nSPS) is 20.9. The third-order valence-corrected chi connectivity index (χ3v) is 3.90. The zero-order valence-corrected chi connectivity index (χ0v) is 10.3. The van der Waals surface area contributed by atoms with Gasteiger partial charge in [0.1, 0.15) is 5.78 Å². The number of ether oxygens (including phenoxy) is 1. The molecule has 88 valence electrons. The zero-order chi connectivity index (χ0) is 11.2. The first-order valence-electron chi connectivity index (χ1n) is 6.00. The molecule has 0 aliphatic carbocycles. The van der Waals surface area contributed by atoms with Gasteiger partial charge in [-0.15, -0.1) is 11.3 Å². The van der Waals surface area contributed by atoms with E-state index in [2.05, 4.69) is 11.4 Å². The van der Waals surface area contributed by atoms with Crippen LogP contribution in [0.5, 0.6) is 0 Å². The van der Waals surface area contributed by atoms with Gasteiger partial charge in [-0.25, -0.2) is 0 Å². The number of carbonyl (C=O) groups excluding carboxylic acids is 1. The first-order valence-corrected chi connectivity index (χ1v) is 6.88. The van der Waals surface area contributed by atoms with Crippen LogP contribution < -0.4 is 0 Å². The van der Waals surface area contributed by atoms with Crippen LogP contribution in [0.2, 0.25) is 0 Å². The molecule has 1 unspecified atom stereocenters. The van der Waals surface area contributed by atoms with Crippen LogP contribution in [-0.2, 0) is 16.0 Å². The highest BCUT2D eigenvalue weighted by molar-refractivity contribution is 7.09. The Morgan fingerprint density at radius 2 is 2.44 bits per heavy atom. The summed E-state index contributed by atoms with van der Waals surface area (Å²) < 4.78 is 5.57. The number of rotatable bonds is 5. The SMILES string of the molecule is O=C(CCc1cccs1)CC1CCCCO1. The number of ketones is 1. The fraction of sp³-hybridized carbons (Fsp3) is 0.615. The van der Waals surface area contributed by atoms with Crippen LogP contribution in [0.15, 0.2) is 17.5 Å². The third kappa shape index (κ3) is 3.72. The van der Waals surface area contributed by atoms with Gasteiger partial charge in [-0.2, -0.15) is 0 Å². The largest absolute Gasteiger partial charge is 0.378 e. The number of carbonyl (C=O) groups is 1. The van der Waals surface area contributed by atoms with E-state index in [-0.39, 0.29) is 6.10 Å². The maximum absolute atomic E-state index is 11.7. The van der Waals surface area contributed by atoms with Gasteiger partial charge in [0.15, 0.2) is 0 Å². The van der Waals surface area contributed by atoms with Crippen LogP contribution in [0.25, 0.3) is 0 Å². The number of hydrogen-bond acceptors (Lipinski definition) is 3. The van der Waals surface area contributed by atoms with E-state index in [0.717, 1.165) is 25.9 Å². The molecule has 0 saturated carbocycles. The molecule has 0 bridgehead atoms. The lowest BCUT2D eigenvalue weighted by Crippen LogP contribution is -2.22. The van der Waals surface area contributed by atoms with Crippen LogP contribution in [0.4, 0.5) is 0 Å². The van der Waals surface area contributed by atoms with Gasteiger partial charge in [-0.05, 0) is 37.1 Å². The molecule has 0 aromatic carbocycles. The molecule has 3 heteroatoms. The van der Waals surface area contributed by atoms with Gasteiger partial charge in [-0.3, -0.25) is 4.79 Å². The predicted molar refractivity (Wildman–Crippen MR) is 65.9 cm³/mol. The molecule has 2 rings (SSSR count). The highest BCUT2D eigenvalue weighted by atomic mass is 32.1. The molecule has 1 aliphatic rings. The summed E-state index contributed by atoms with van der Waals surface area (Å²) in [5.41, 5.74) is 0. The van der Waals surface area contributed by atoms with Crippen molar-refractivity contribution < 1.29 is 9.53 Å². The average Bonchev–Trinajstić information content (AvgIpc) is 2.81. The molecular weight excluding hydrogens is 220 g/mol. The molecule has 1 aromatic heterocycles. The van der Waals surface area contributed by atoms with Crippen molar-refractivity contribution in [1.29, 1.82) is 0 Å². The third-order valence-electron chi connectivity index (χ3n) is 2.96. The minimum absolute atomic E-state index is 0.199. The fourth-order valence-electron chi connectivity index (χ4n) is 2.04. The first-order chi connectivity index (χ1) is 7.84. The summed E-state index contributed by atoms with van der Waals surface area (Å²) in [7, 11) is 0. The topological polar surface area (TPSA) is 26.3 Å². The molecule has 1 atom stereocenters. The van der Waals surface area contributed by atoms with Crippen molar-refractivity contribution in [3.8, 4) is 0 Å². The summed E-state index contributed by atoms with van der Waals surface area (Å²) >= 11 is 1.73. The molecule has 0 spiro atoms. The van der Waals surface area contributed by atoms with Gasteiger partial charge in [-0.1, -0.05) is 6.07 Å². The lowest BCUT2D eigenvalue weighted by Gasteiger charge is -2.21. The van der Waals surface area contributed by atoms with E-state index >= 15 is 0 Å². The molecule has 1 aliphatic heterocycles. The summed E-state index contributed by atoms with van der Waals surface area (Å²) in [5, 5.41) is 2.06. The number of Topliss-reactive ketones (excluding diaryl/α,β-unsaturated/α-hetero) is 1. The maximum atomic E-state index is 11.7. The lowest BCUT2D eigenvalue weighted by atomic mass is 10.0. The molecule has 0 amide bonds. The van der Waals surface area contributed by atoms with Crippen molar-refractivity contribution in [3.63, 3.8) is 0 Å². The van der Waals surface area contributed by atoms with Gasteiger partial charge in [0, 0.05) is 24.3 Å². The Balaban J connectivity index is 1.67. The lowest BCUT2D eigenvalue weighted by molar-refractivity contribution is -0.122. The minimum Gasteiger partial charge on any atom is -0.378 e. The fourth-order valence-corrected chi connectivity index (χ4v) is 2.75. The molecule has 0 N–H and O–H groups in total. The number of aryl methyl sites for hydroxylation is 1. The standard InChI is InChI=1S/C13H18O2S/c14-11(6-7-13-5-3-9-16-13)10-12-4-1-2-8-15-12/h3,5,9,12H,1-2,4,6-8,10H2. The second kappa shape index (κ2) is 6.16. The Hall–Kier alpha value is -0.670. The zero-order valence-electron chi connectivity index (χ0n) is 9.48. The van der Waals surface area contributed by atoms with E-state index < -0.39 is 0 Å². The van der Waals surface area contributed by atoms with E-state index in [1.807, 2.05) is 6.07 Å². The summed E-state index contributed by atoms with van der Waals surface area (Å²) in [6, 6.07) is 4.13. The van der Waals surface area contributed by atoms with Crippen LogP contribution in [0.3, 0.4) is 0 Å². The van der Waals surface area contributed by atoms with Crippen LogP contribution in [0, 0.1) is 0 Å². The molecule has 1 aromatic rings. The summed E-state index contributed by atoms with van der Waals surface area (Å²) in [6.07, 6.45) is 5.80. The minimum atomic E-state index is 0.199. The van der Waals surface area contributed by atoms with Crippen molar-refractivity contribution in [1.82, 2.24) is 0 Å². The Bertz CT molecular complexity index is 313. The highest BCUT2D eigenvalue weighted by Gasteiger charge is 2.17. The number of thiophene rings is 1. The van der Waals surface area contributed by atoms with Crippen molar-refractivity contribution in [3.05, 3.63) is 22.4 Å². The molecule has 2 heterocycles. The van der Waals surface area contributed by atoms with E-state index in [4.69, 9.17) is 4.74 Å². The van der Waals surface area contributed by atoms with E-state index in [1.165, 1.54) is 11.3 Å². The van der Waals surface area contributed by atoms with Crippen LogP contribution in [0.1, 0.15) is 37.0 Å². The van der Waals surface area contributed by atoms with Gasteiger partial charge < -0.3 is 4.74 Å². The van der Waals surface area contributed by atoms with Crippen molar-refractivity contribution >= 4 is 17.1 Å². The molecule has 1 saturated heterocycles. The summed E-state index contributed by atoms with van der Waals surface area (Å²) in [6.45, 7) is 0.836. The first kappa shape index (κ1) is 11.8. The Morgan fingerprint density at radius 1 is 1.50 bits per heavy atom. The second-order valence-corrected chi connectivity index (χ2v) is 5.34. The van der Waals surface area contributed by atoms with Crippen LogP contribution in [-0.4, -0.2) is 18.5 Å². The Morgan fingerprint density at radius 3 is 3.12 bits per heavy atom. The molecule has 2 nitrogen and oxygen atoms in total. The predicted octanol–water partition coefficient (Wildman–Crippen LogP) is 3.21. The summed E-state index contributed by atoms with van der Waals surface area (Å²) in [5.74, 6) is 0.348. The van der Waals surface area contributed by atoms with Crippen molar-refractivity contribution in [2.24, 2.45) is 0 Å². The molecule has 1 fully saturated rings. The monoisotopic (exact) mass is 238 g/mol. The molecule has 0 radical (unpaired) electrons. The van der Waals surface area contributed by atoms with Gasteiger partial charge in [0.2, 0.25) is 0 Å². The number of hydrogen-bond donors (Lipinski definition) is 0. The van der Waals surface area contributed by atoms with Gasteiger partial charge in [0.05, 0.1) is 6.10 Å². The van der Waals surface area contributed by atoms with Crippen LogP contribution >= 0.6 is 11.3 Å².